The van der Waals surface area contributed by atoms with Gasteiger partial charge in [-0.15, -0.1) is 0 Å². The molecule has 112 valence electrons. The van der Waals surface area contributed by atoms with Gasteiger partial charge in [-0.2, -0.15) is 0 Å². The van der Waals surface area contributed by atoms with Crippen LogP contribution in [0.4, 0.5) is 0 Å². The molecule has 0 radical (unpaired) electrons. The summed E-state index contributed by atoms with van der Waals surface area (Å²) in [6.07, 6.45) is 3.33. The lowest BCUT2D eigenvalue weighted by molar-refractivity contribution is 0.0208. The van der Waals surface area contributed by atoms with Crippen molar-refractivity contribution in [3.8, 4) is 5.75 Å². The Morgan fingerprint density at radius 2 is 1.90 bits per heavy atom. The average molecular weight is 277 g/mol. The molecule has 1 aliphatic heterocycles. The molecule has 20 heavy (non-hydrogen) atoms. The van der Waals surface area contributed by atoms with Gasteiger partial charge >= 0.3 is 0 Å². The van der Waals surface area contributed by atoms with Gasteiger partial charge < -0.3 is 9.84 Å². The molecule has 0 spiro atoms. The van der Waals surface area contributed by atoms with Crippen LogP contribution < -0.4 is 4.74 Å². The summed E-state index contributed by atoms with van der Waals surface area (Å²) in [7, 11) is 0. The number of rotatable bonds is 5. The van der Waals surface area contributed by atoms with Gasteiger partial charge in [0.2, 0.25) is 0 Å². The van der Waals surface area contributed by atoms with Crippen molar-refractivity contribution in [1.29, 1.82) is 0 Å². The van der Waals surface area contributed by atoms with Crippen LogP contribution in [0.5, 0.6) is 5.75 Å². The highest BCUT2D eigenvalue weighted by atomic mass is 16.5. The molecule has 1 heterocycles. The number of hydrogen-bond acceptors (Lipinski definition) is 3. The van der Waals surface area contributed by atoms with Crippen LogP contribution in [-0.4, -0.2) is 41.3 Å². The van der Waals surface area contributed by atoms with Crippen molar-refractivity contribution >= 4 is 0 Å². The highest BCUT2D eigenvalue weighted by Gasteiger charge is 2.26. The van der Waals surface area contributed by atoms with Crippen LogP contribution in [0.25, 0.3) is 0 Å². The molecule has 2 rings (SSSR count). The summed E-state index contributed by atoms with van der Waals surface area (Å²) >= 11 is 0. The smallest absolute Gasteiger partial charge is 0.122 e. The minimum Gasteiger partial charge on any atom is -0.491 e. The monoisotopic (exact) mass is 277 g/mol. The van der Waals surface area contributed by atoms with Gasteiger partial charge in [-0.25, -0.2) is 0 Å². The Labute approximate surface area is 122 Å². The number of likely N-dealkylation sites (tertiary alicyclic amines) is 1. The van der Waals surface area contributed by atoms with Gasteiger partial charge in [0.25, 0.3) is 0 Å². The number of β-amino-alcohol motifs (C(OH)–C–C–N with tert-alkyl or cyclic N) is 1. The molecule has 1 N–H and O–H groups in total. The number of nitrogens with zero attached hydrogens (tertiary/aromatic N) is 1. The Balaban J connectivity index is 1.83. The number of aliphatic hydroxyl groups excluding tert-OH is 1. The zero-order valence-electron chi connectivity index (χ0n) is 12.9. The van der Waals surface area contributed by atoms with Gasteiger partial charge in [0.1, 0.15) is 18.5 Å². The van der Waals surface area contributed by atoms with Crippen molar-refractivity contribution in [2.45, 2.75) is 58.2 Å². The van der Waals surface area contributed by atoms with Crippen molar-refractivity contribution in [2.24, 2.45) is 0 Å². The molecular formula is C17H27NO2. The van der Waals surface area contributed by atoms with Crippen LogP contribution in [0.15, 0.2) is 24.3 Å². The molecule has 0 unspecified atom stereocenters. The molecule has 1 fully saturated rings. The number of aliphatic hydroxyl groups is 1. The number of aryl methyl sites for hydroxylation is 1. The largest absolute Gasteiger partial charge is 0.491 e. The van der Waals surface area contributed by atoms with E-state index in [2.05, 4.69) is 18.7 Å². The molecule has 1 saturated heterocycles. The second-order valence-corrected chi connectivity index (χ2v) is 6.06. The minimum atomic E-state index is -0.433. The van der Waals surface area contributed by atoms with E-state index < -0.39 is 6.10 Å². The predicted molar refractivity (Wildman–Crippen MR) is 82.2 cm³/mol. The van der Waals surface area contributed by atoms with Crippen LogP contribution in [0, 0.1) is 6.92 Å². The van der Waals surface area contributed by atoms with Crippen LogP contribution in [-0.2, 0) is 0 Å². The summed E-state index contributed by atoms with van der Waals surface area (Å²) in [5.41, 5.74) is 1.11. The Morgan fingerprint density at radius 3 is 2.55 bits per heavy atom. The Hall–Kier alpha value is -1.06. The molecule has 3 heteroatoms. The van der Waals surface area contributed by atoms with Gasteiger partial charge in [-0.3, -0.25) is 4.90 Å². The quantitative estimate of drug-likeness (QED) is 0.898. The van der Waals surface area contributed by atoms with E-state index >= 15 is 0 Å². The summed E-state index contributed by atoms with van der Waals surface area (Å²) in [6.45, 7) is 7.60. The van der Waals surface area contributed by atoms with Crippen LogP contribution in [0.1, 0.15) is 38.7 Å². The molecule has 0 bridgehead atoms. The van der Waals surface area contributed by atoms with Gasteiger partial charge in [-0.1, -0.05) is 24.6 Å². The number of ether oxygens (including phenoxy) is 1. The number of hydrogen-bond donors (Lipinski definition) is 1. The van der Waals surface area contributed by atoms with Crippen molar-refractivity contribution < 1.29 is 9.84 Å². The first-order valence-electron chi connectivity index (χ1n) is 7.70. The molecule has 0 aliphatic carbocycles. The summed E-state index contributed by atoms with van der Waals surface area (Å²) in [6, 6.07) is 9.06. The number of para-hydroxylation sites is 1. The maximum atomic E-state index is 10.2. The normalized spacial score (nSPS) is 25.4. The van der Waals surface area contributed by atoms with E-state index in [1.54, 1.807) is 0 Å². The van der Waals surface area contributed by atoms with Gasteiger partial charge in [-0.05, 0) is 45.2 Å². The lowest BCUT2D eigenvalue weighted by atomic mass is 9.97. The third-order valence-corrected chi connectivity index (χ3v) is 4.32. The van der Waals surface area contributed by atoms with E-state index in [0.29, 0.717) is 25.2 Å². The maximum Gasteiger partial charge on any atom is 0.122 e. The van der Waals surface area contributed by atoms with E-state index in [-0.39, 0.29) is 0 Å². The third kappa shape index (κ3) is 3.97. The van der Waals surface area contributed by atoms with E-state index in [1.165, 1.54) is 19.3 Å². The molecule has 1 aliphatic rings. The van der Waals surface area contributed by atoms with Crippen molar-refractivity contribution in [3.63, 3.8) is 0 Å². The fraction of sp³-hybridized carbons (Fsp3) is 0.647. The van der Waals surface area contributed by atoms with Crippen molar-refractivity contribution in [1.82, 2.24) is 4.90 Å². The van der Waals surface area contributed by atoms with E-state index in [1.807, 2.05) is 31.2 Å². The van der Waals surface area contributed by atoms with E-state index in [9.17, 15) is 5.11 Å². The number of piperidine rings is 1. The minimum absolute atomic E-state index is 0.362. The molecule has 0 saturated carbocycles. The Bertz CT molecular complexity index is 411. The fourth-order valence-electron chi connectivity index (χ4n) is 3.04. The predicted octanol–water partition coefficient (Wildman–Crippen LogP) is 3.00. The molecule has 0 amide bonds. The highest BCUT2D eigenvalue weighted by Crippen LogP contribution is 2.23. The molecule has 1 aromatic carbocycles. The zero-order valence-corrected chi connectivity index (χ0v) is 12.9. The van der Waals surface area contributed by atoms with Crippen LogP contribution in [0.2, 0.25) is 0 Å². The Kier molecular flexibility index (Phi) is 5.44. The summed E-state index contributed by atoms with van der Waals surface area (Å²) < 4.78 is 5.73. The van der Waals surface area contributed by atoms with Crippen molar-refractivity contribution in [2.75, 3.05) is 13.2 Å². The molecule has 3 atom stereocenters. The second kappa shape index (κ2) is 7.09. The lowest BCUT2D eigenvalue weighted by Gasteiger charge is -2.40. The SMILES string of the molecule is Cc1ccccc1OC[C@@H](O)CN1[C@H](C)CCC[C@@H]1C. The first-order chi connectivity index (χ1) is 9.58. The van der Waals surface area contributed by atoms with Gasteiger partial charge in [0.05, 0.1) is 0 Å². The highest BCUT2D eigenvalue weighted by molar-refractivity contribution is 5.31. The summed E-state index contributed by atoms with van der Waals surface area (Å²) in [5.74, 6) is 0.867. The molecule has 3 nitrogen and oxygen atoms in total. The maximum absolute atomic E-state index is 10.2. The van der Waals surface area contributed by atoms with Crippen LogP contribution in [0.3, 0.4) is 0 Å². The van der Waals surface area contributed by atoms with Crippen LogP contribution >= 0.6 is 0 Å². The fourth-order valence-corrected chi connectivity index (χ4v) is 3.04. The summed E-state index contributed by atoms with van der Waals surface area (Å²) in [5, 5.41) is 10.2. The topological polar surface area (TPSA) is 32.7 Å². The number of benzene rings is 1. The van der Waals surface area contributed by atoms with E-state index in [0.717, 1.165) is 11.3 Å². The van der Waals surface area contributed by atoms with Gasteiger partial charge in [0, 0.05) is 18.6 Å². The standard InChI is InChI=1S/C17H27NO2/c1-13-7-4-5-10-17(13)20-12-16(19)11-18-14(2)8-6-9-15(18)3/h4-5,7,10,14-16,19H,6,8-9,11-12H2,1-3H3/t14-,15+,16-/m0/s1. The molecular weight excluding hydrogens is 250 g/mol. The third-order valence-electron chi connectivity index (χ3n) is 4.32. The molecule has 1 aromatic rings. The first kappa shape index (κ1) is 15.3. The zero-order chi connectivity index (χ0) is 14.5. The Morgan fingerprint density at radius 1 is 1.25 bits per heavy atom. The average Bonchev–Trinajstić information content (AvgIpc) is 2.42. The van der Waals surface area contributed by atoms with Gasteiger partial charge in [0.15, 0.2) is 0 Å². The first-order valence-corrected chi connectivity index (χ1v) is 7.70. The second-order valence-electron chi connectivity index (χ2n) is 6.06. The van der Waals surface area contributed by atoms with E-state index in [4.69, 9.17) is 4.74 Å². The summed E-state index contributed by atoms with van der Waals surface area (Å²) in [4.78, 5) is 2.41. The van der Waals surface area contributed by atoms with Crippen molar-refractivity contribution in [3.05, 3.63) is 29.8 Å². The molecule has 0 aromatic heterocycles. The lowest BCUT2D eigenvalue weighted by Crippen LogP contribution is -2.48.